The Hall–Kier alpha value is -0.920. The van der Waals surface area contributed by atoms with E-state index in [1.807, 2.05) is 19.9 Å². The molecule has 2 rings (SSSR count). The molecule has 0 aliphatic carbocycles. The lowest BCUT2D eigenvalue weighted by Gasteiger charge is -2.29. The lowest BCUT2D eigenvalue weighted by molar-refractivity contribution is 0.335. The van der Waals surface area contributed by atoms with Gasteiger partial charge in [0.25, 0.3) is 10.2 Å². The van der Waals surface area contributed by atoms with Crippen LogP contribution in [-0.4, -0.2) is 46.9 Å². The molecule has 18 heavy (non-hydrogen) atoms. The highest BCUT2D eigenvalue weighted by Crippen LogP contribution is 2.33. The number of rotatable bonds is 5. The summed E-state index contributed by atoms with van der Waals surface area (Å²) in [6.07, 6.45) is 3.41. The molecule has 1 aliphatic heterocycles. The molecule has 6 nitrogen and oxygen atoms in total. The summed E-state index contributed by atoms with van der Waals surface area (Å²) in [6, 6.07) is 1.75. The van der Waals surface area contributed by atoms with Crippen molar-refractivity contribution in [3.8, 4) is 0 Å². The largest absolute Gasteiger partial charge is 0.282 e. The van der Waals surface area contributed by atoms with E-state index in [2.05, 4.69) is 10.2 Å². The third kappa shape index (κ3) is 2.30. The summed E-state index contributed by atoms with van der Waals surface area (Å²) >= 11 is 0. The van der Waals surface area contributed by atoms with Crippen molar-refractivity contribution in [2.45, 2.75) is 32.7 Å². The van der Waals surface area contributed by atoms with Gasteiger partial charge in [-0.25, -0.2) is 0 Å². The average Bonchev–Trinajstić information content (AvgIpc) is 3.01. The van der Waals surface area contributed by atoms with Crippen molar-refractivity contribution < 1.29 is 8.42 Å². The van der Waals surface area contributed by atoms with E-state index in [4.69, 9.17) is 0 Å². The minimum atomic E-state index is -3.36. The van der Waals surface area contributed by atoms with E-state index in [0.717, 1.165) is 18.5 Å². The average molecular weight is 272 g/mol. The first-order valence-corrected chi connectivity index (χ1v) is 7.77. The molecule has 0 amide bonds. The molecule has 0 saturated carbocycles. The normalized spacial score (nSPS) is 21.8. The monoisotopic (exact) mass is 272 g/mol. The van der Waals surface area contributed by atoms with Gasteiger partial charge in [0, 0.05) is 25.8 Å². The van der Waals surface area contributed by atoms with Crippen LogP contribution in [0.2, 0.25) is 0 Å². The number of H-pyrrole nitrogens is 1. The van der Waals surface area contributed by atoms with Gasteiger partial charge < -0.3 is 0 Å². The quantitative estimate of drug-likeness (QED) is 0.873. The lowest BCUT2D eigenvalue weighted by atomic mass is 10.2. The molecule has 0 aromatic carbocycles. The summed E-state index contributed by atoms with van der Waals surface area (Å²) in [5.41, 5.74) is 0.878. The van der Waals surface area contributed by atoms with E-state index < -0.39 is 10.2 Å². The van der Waals surface area contributed by atoms with Crippen LogP contribution in [0.5, 0.6) is 0 Å². The molecule has 1 aliphatic rings. The van der Waals surface area contributed by atoms with Gasteiger partial charge in [-0.3, -0.25) is 5.10 Å². The third-order valence-electron chi connectivity index (χ3n) is 3.41. The maximum Gasteiger partial charge on any atom is 0.282 e. The molecule has 1 aromatic heterocycles. The lowest BCUT2D eigenvalue weighted by Crippen LogP contribution is -2.43. The molecule has 102 valence electrons. The van der Waals surface area contributed by atoms with Gasteiger partial charge in [-0.15, -0.1) is 0 Å². The molecule has 0 bridgehead atoms. The van der Waals surface area contributed by atoms with Gasteiger partial charge in [-0.05, 0) is 18.9 Å². The number of aromatic amines is 1. The number of nitrogens with one attached hydrogen (secondary N) is 1. The van der Waals surface area contributed by atoms with Crippen LogP contribution in [0.3, 0.4) is 0 Å². The Morgan fingerprint density at radius 3 is 2.78 bits per heavy atom. The van der Waals surface area contributed by atoms with Crippen molar-refractivity contribution in [2.75, 3.05) is 19.6 Å². The summed E-state index contributed by atoms with van der Waals surface area (Å²) in [6.45, 7) is 5.32. The number of aromatic nitrogens is 2. The molecule has 1 atom stereocenters. The Kier molecular flexibility index (Phi) is 4.04. The highest BCUT2D eigenvalue weighted by Gasteiger charge is 2.38. The van der Waals surface area contributed by atoms with E-state index in [-0.39, 0.29) is 6.04 Å². The van der Waals surface area contributed by atoms with Crippen molar-refractivity contribution >= 4 is 10.2 Å². The molecule has 1 unspecified atom stereocenters. The van der Waals surface area contributed by atoms with Crippen LogP contribution in [0.4, 0.5) is 0 Å². The smallest absolute Gasteiger partial charge is 0.281 e. The fourth-order valence-electron chi connectivity index (χ4n) is 2.48. The SMILES string of the molecule is CCN(CC)S(=O)(=O)N1CCCC1c1ccn[nH]1. The van der Waals surface area contributed by atoms with E-state index in [1.54, 1.807) is 10.5 Å². The summed E-state index contributed by atoms with van der Waals surface area (Å²) in [7, 11) is -3.36. The van der Waals surface area contributed by atoms with Crippen LogP contribution in [0, 0.1) is 0 Å². The number of nitrogens with zero attached hydrogens (tertiary/aromatic N) is 3. The van der Waals surface area contributed by atoms with E-state index in [0.29, 0.717) is 19.6 Å². The minimum absolute atomic E-state index is 0.0990. The van der Waals surface area contributed by atoms with Crippen LogP contribution >= 0.6 is 0 Å². The fourth-order valence-corrected chi connectivity index (χ4v) is 4.33. The van der Waals surface area contributed by atoms with Gasteiger partial charge in [-0.1, -0.05) is 13.8 Å². The Bertz CT molecular complexity index is 467. The van der Waals surface area contributed by atoms with Crippen LogP contribution in [0.25, 0.3) is 0 Å². The van der Waals surface area contributed by atoms with E-state index in [9.17, 15) is 8.42 Å². The first kappa shape index (κ1) is 13.5. The highest BCUT2D eigenvalue weighted by atomic mass is 32.2. The second kappa shape index (κ2) is 5.38. The van der Waals surface area contributed by atoms with E-state index in [1.165, 1.54) is 4.31 Å². The standard InChI is InChI=1S/C11H20N4O2S/c1-3-14(4-2)18(16,17)15-9-5-6-11(15)10-7-8-12-13-10/h7-8,11H,3-6,9H2,1-2H3,(H,12,13). The van der Waals surface area contributed by atoms with Gasteiger partial charge in [-0.2, -0.15) is 22.1 Å². The zero-order valence-corrected chi connectivity index (χ0v) is 11.7. The van der Waals surface area contributed by atoms with Crippen molar-refractivity contribution in [2.24, 2.45) is 0 Å². The molecule has 0 spiro atoms. The van der Waals surface area contributed by atoms with Gasteiger partial charge in [0.15, 0.2) is 0 Å². The first-order chi connectivity index (χ1) is 8.61. The van der Waals surface area contributed by atoms with E-state index >= 15 is 0 Å². The second-order valence-corrected chi connectivity index (χ2v) is 6.25. The Morgan fingerprint density at radius 1 is 1.50 bits per heavy atom. The predicted octanol–water partition coefficient (Wildman–Crippen LogP) is 1.13. The van der Waals surface area contributed by atoms with Crippen molar-refractivity contribution in [1.82, 2.24) is 18.8 Å². The molecule has 1 N–H and O–H groups in total. The van der Waals surface area contributed by atoms with Crippen molar-refractivity contribution in [3.05, 3.63) is 18.0 Å². The Balaban J connectivity index is 2.27. The fraction of sp³-hybridized carbons (Fsp3) is 0.727. The summed E-state index contributed by atoms with van der Waals surface area (Å²) in [4.78, 5) is 0. The van der Waals surface area contributed by atoms with Gasteiger partial charge in [0.1, 0.15) is 0 Å². The Labute approximate surface area is 108 Å². The third-order valence-corrected chi connectivity index (χ3v) is 5.61. The Morgan fingerprint density at radius 2 is 2.22 bits per heavy atom. The molecule has 0 radical (unpaired) electrons. The maximum atomic E-state index is 12.5. The summed E-state index contributed by atoms with van der Waals surface area (Å²) in [5.74, 6) is 0. The van der Waals surface area contributed by atoms with Crippen LogP contribution in [0.15, 0.2) is 12.3 Å². The molecule has 7 heteroatoms. The molecule has 2 heterocycles. The first-order valence-electron chi connectivity index (χ1n) is 6.37. The minimum Gasteiger partial charge on any atom is -0.281 e. The van der Waals surface area contributed by atoms with Gasteiger partial charge >= 0.3 is 0 Å². The van der Waals surface area contributed by atoms with Gasteiger partial charge in [0.2, 0.25) is 0 Å². The second-order valence-electron chi connectivity index (χ2n) is 4.37. The highest BCUT2D eigenvalue weighted by molar-refractivity contribution is 7.86. The number of hydrogen-bond acceptors (Lipinski definition) is 3. The van der Waals surface area contributed by atoms with Crippen molar-refractivity contribution in [1.29, 1.82) is 0 Å². The van der Waals surface area contributed by atoms with Crippen molar-refractivity contribution in [3.63, 3.8) is 0 Å². The number of hydrogen-bond donors (Lipinski definition) is 1. The summed E-state index contributed by atoms with van der Waals surface area (Å²) in [5, 5.41) is 6.79. The zero-order valence-electron chi connectivity index (χ0n) is 10.8. The molecule has 1 saturated heterocycles. The zero-order chi connectivity index (χ0) is 13.2. The molecule has 1 fully saturated rings. The molecular formula is C11H20N4O2S. The molecule has 1 aromatic rings. The summed E-state index contributed by atoms with van der Waals surface area (Å²) < 4.78 is 28.1. The maximum absolute atomic E-state index is 12.5. The van der Waals surface area contributed by atoms with Crippen LogP contribution < -0.4 is 0 Å². The topological polar surface area (TPSA) is 69.3 Å². The van der Waals surface area contributed by atoms with Crippen LogP contribution in [-0.2, 0) is 10.2 Å². The van der Waals surface area contributed by atoms with Crippen LogP contribution in [0.1, 0.15) is 38.4 Å². The van der Waals surface area contributed by atoms with Gasteiger partial charge in [0.05, 0.1) is 11.7 Å². The molecular weight excluding hydrogens is 252 g/mol. The predicted molar refractivity (Wildman–Crippen MR) is 69.1 cm³/mol.